The smallest absolute Gasteiger partial charge is 0.358 e. The van der Waals surface area contributed by atoms with Crippen molar-refractivity contribution in [1.82, 2.24) is 24.8 Å². The fraction of sp³-hybridized carbons (Fsp3) is 0.692. The molecule has 1 saturated heterocycles. The van der Waals surface area contributed by atoms with Crippen LogP contribution < -0.4 is 0 Å². The molecule has 0 spiro atoms. The van der Waals surface area contributed by atoms with Crippen LogP contribution in [-0.4, -0.2) is 68.6 Å². The molecule has 0 atom stereocenters. The number of amides is 2. The Labute approximate surface area is 123 Å². The lowest BCUT2D eigenvalue weighted by atomic mass is 10.1. The van der Waals surface area contributed by atoms with Crippen LogP contribution in [-0.2, 0) is 0 Å². The maximum Gasteiger partial charge on any atom is 0.358 e. The van der Waals surface area contributed by atoms with Crippen LogP contribution in [0.5, 0.6) is 0 Å². The van der Waals surface area contributed by atoms with Crippen molar-refractivity contribution in [3.63, 3.8) is 0 Å². The standard InChI is InChI=1S/C13H21N5O3/c1-9(2)4-5-16(3)13(21)17-6-10(7-17)18-8-11(12(19)20)14-15-18/h8-10H,4-7H2,1-3H3,(H,19,20). The van der Waals surface area contributed by atoms with Crippen molar-refractivity contribution in [3.8, 4) is 0 Å². The molecule has 0 unspecified atom stereocenters. The Balaban J connectivity index is 1.82. The number of urea groups is 1. The van der Waals surface area contributed by atoms with E-state index in [9.17, 15) is 9.59 Å². The number of aromatic carboxylic acids is 1. The molecule has 1 aromatic heterocycles. The highest BCUT2D eigenvalue weighted by Crippen LogP contribution is 2.21. The van der Waals surface area contributed by atoms with Gasteiger partial charge in [-0.3, -0.25) is 0 Å². The Kier molecular flexibility index (Phi) is 4.44. The molecule has 0 saturated carbocycles. The second kappa shape index (κ2) is 6.11. The normalized spacial score (nSPS) is 15.1. The first-order valence-corrected chi connectivity index (χ1v) is 7.03. The van der Waals surface area contributed by atoms with Gasteiger partial charge in [-0.25, -0.2) is 14.3 Å². The largest absolute Gasteiger partial charge is 0.476 e. The molecule has 8 nitrogen and oxygen atoms in total. The quantitative estimate of drug-likeness (QED) is 0.872. The summed E-state index contributed by atoms with van der Waals surface area (Å²) >= 11 is 0. The van der Waals surface area contributed by atoms with E-state index in [2.05, 4.69) is 24.2 Å². The number of nitrogens with zero attached hydrogens (tertiary/aromatic N) is 5. The summed E-state index contributed by atoms with van der Waals surface area (Å²) < 4.78 is 1.52. The van der Waals surface area contributed by atoms with Crippen LogP contribution in [0, 0.1) is 5.92 Å². The van der Waals surface area contributed by atoms with E-state index in [0.717, 1.165) is 13.0 Å². The molecule has 8 heteroatoms. The zero-order chi connectivity index (χ0) is 15.6. The Morgan fingerprint density at radius 3 is 2.67 bits per heavy atom. The molecule has 0 aromatic carbocycles. The molecule has 1 N–H and O–H groups in total. The highest BCUT2D eigenvalue weighted by Gasteiger charge is 2.34. The van der Waals surface area contributed by atoms with Gasteiger partial charge in [0, 0.05) is 26.7 Å². The minimum Gasteiger partial charge on any atom is -0.476 e. The van der Waals surface area contributed by atoms with Gasteiger partial charge in [0.05, 0.1) is 12.2 Å². The molecule has 21 heavy (non-hydrogen) atoms. The summed E-state index contributed by atoms with van der Waals surface area (Å²) in [5.74, 6) is -0.532. The summed E-state index contributed by atoms with van der Waals surface area (Å²) in [5, 5.41) is 16.2. The molecule has 0 aliphatic carbocycles. The van der Waals surface area contributed by atoms with Crippen LogP contribution in [0.4, 0.5) is 4.79 Å². The highest BCUT2D eigenvalue weighted by molar-refractivity contribution is 5.84. The predicted octanol–water partition coefficient (Wildman–Crippen LogP) is 0.931. The van der Waals surface area contributed by atoms with E-state index in [1.54, 1.807) is 16.8 Å². The minimum atomic E-state index is -1.10. The van der Waals surface area contributed by atoms with Gasteiger partial charge in [0.2, 0.25) is 0 Å². The number of carbonyl (C=O) groups excluding carboxylic acids is 1. The number of carbonyl (C=O) groups is 2. The molecule has 1 aliphatic rings. The summed E-state index contributed by atoms with van der Waals surface area (Å²) in [6.07, 6.45) is 2.38. The van der Waals surface area contributed by atoms with E-state index in [1.165, 1.54) is 10.9 Å². The van der Waals surface area contributed by atoms with E-state index in [1.807, 2.05) is 0 Å². The average molecular weight is 295 g/mol. The maximum atomic E-state index is 12.1. The third kappa shape index (κ3) is 3.50. The monoisotopic (exact) mass is 295 g/mol. The van der Waals surface area contributed by atoms with E-state index in [-0.39, 0.29) is 17.8 Å². The number of hydrogen-bond donors (Lipinski definition) is 1. The van der Waals surface area contributed by atoms with Gasteiger partial charge in [-0.2, -0.15) is 0 Å². The van der Waals surface area contributed by atoms with Gasteiger partial charge in [-0.1, -0.05) is 19.1 Å². The number of carboxylic acid groups (broad SMARTS) is 1. The lowest BCUT2D eigenvalue weighted by molar-refractivity contribution is 0.0689. The fourth-order valence-corrected chi connectivity index (χ4v) is 2.12. The van der Waals surface area contributed by atoms with Gasteiger partial charge >= 0.3 is 12.0 Å². The van der Waals surface area contributed by atoms with E-state index < -0.39 is 5.97 Å². The zero-order valence-electron chi connectivity index (χ0n) is 12.6. The average Bonchev–Trinajstić information content (AvgIpc) is 2.83. The van der Waals surface area contributed by atoms with Gasteiger partial charge in [-0.15, -0.1) is 5.10 Å². The molecule has 2 rings (SSSR count). The van der Waals surface area contributed by atoms with Crippen molar-refractivity contribution in [3.05, 3.63) is 11.9 Å². The van der Waals surface area contributed by atoms with E-state index >= 15 is 0 Å². The summed E-state index contributed by atoms with van der Waals surface area (Å²) in [7, 11) is 1.80. The Morgan fingerprint density at radius 2 is 2.14 bits per heavy atom. The second-order valence-electron chi connectivity index (χ2n) is 5.83. The number of rotatable bonds is 5. The van der Waals surface area contributed by atoms with Crippen molar-refractivity contribution in [2.24, 2.45) is 5.92 Å². The number of hydrogen-bond acceptors (Lipinski definition) is 4. The molecule has 2 amide bonds. The topological polar surface area (TPSA) is 91.6 Å². The lowest BCUT2D eigenvalue weighted by Crippen LogP contribution is -2.54. The third-order valence-corrected chi connectivity index (χ3v) is 3.60. The summed E-state index contributed by atoms with van der Waals surface area (Å²) in [6.45, 7) is 6.07. The van der Waals surface area contributed by atoms with Gasteiger partial charge < -0.3 is 14.9 Å². The van der Waals surface area contributed by atoms with E-state index in [0.29, 0.717) is 19.0 Å². The van der Waals surface area contributed by atoms with Crippen LogP contribution in [0.25, 0.3) is 0 Å². The fourth-order valence-electron chi connectivity index (χ4n) is 2.12. The van der Waals surface area contributed by atoms with Crippen LogP contribution >= 0.6 is 0 Å². The minimum absolute atomic E-state index is 0.00507. The first kappa shape index (κ1) is 15.3. The zero-order valence-corrected chi connectivity index (χ0v) is 12.6. The molecule has 0 radical (unpaired) electrons. The lowest BCUT2D eigenvalue weighted by Gasteiger charge is -2.40. The van der Waals surface area contributed by atoms with Crippen LogP contribution in [0.15, 0.2) is 6.20 Å². The summed E-state index contributed by atoms with van der Waals surface area (Å²) in [6, 6.07) is 0.0125. The SMILES string of the molecule is CC(C)CCN(C)C(=O)N1CC(n2cc(C(=O)O)nn2)C1. The number of carboxylic acids is 1. The van der Waals surface area contributed by atoms with Gasteiger partial charge in [0.15, 0.2) is 5.69 Å². The third-order valence-electron chi connectivity index (χ3n) is 3.60. The van der Waals surface area contributed by atoms with Crippen molar-refractivity contribution >= 4 is 12.0 Å². The molecular weight excluding hydrogens is 274 g/mol. The first-order valence-electron chi connectivity index (χ1n) is 7.03. The van der Waals surface area contributed by atoms with Crippen molar-refractivity contribution in [2.75, 3.05) is 26.7 Å². The molecule has 1 aromatic rings. The molecule has 2 heterocycles. The van der Waals surface area contributed by atoms with Gasteiger partial charge in [-0.05, 0) is 12.3 Å². The first-order chi connectivity index (χ1) is 9.88. The maximum absolute atomic E-state index is 12.1. The number of likely N-dealkylation sites (tertiary alicyclic amines) is 1. The van der Waals surface area contributed by atoms with Gasteiger partial charge in [0.1, 0.15) is 0 Å². The number of aromatic nitrogens is 3. The predicted molar refractivity (Wildman–Crippen MR) is 75.1 cm³/mol. The van der Waals surface area contributed by atoms with Crippen molar-refractivity contribution in [1.29, 1.82) is 0 Å². The molecule has 116 valence electrons. The molecule has 1 fully saturated rings. The van der Waals surface area contributed by atoms with Gasteiger partial charge in [0.25, 0.3) is 0 Å². The Bertz CT molecular complexity index is 522. The molecule has 0 bridgehead atoms. The van der Waals surface area contributed by atoms with E-state index in [4.69, 9.17) is 5.11 Å². The van der Waals surface area contributed by atoms with Crippen molar-refractivity contribution < 1.29 is 14.7 Å². The van der Waals surface area contributed by atoms with Crippen LogP contribution in [0.2, 0.25) is 0 Å². The molecular formula is C13H21N5O3. The Hall–Kier alpha value is -2.12. The molecule has 1 aliphatic heterocycles. The summed E-state index contributed by atoms with van der Waals surface area (Å²) in [4.78, 5) is 26.3. The summed E-state index contributed by atoms with van der Waals surface area (Å²) in [5.41, 5.74) is -0.0752. The van der Waals surface area contributed by atoms with Crippen molar-refractivity contribution in [2.45, 2.75) is 26.3 Å². The van der Waals surface area contributed by atoms with Crippen LogP contribution in [0.3, 0.4) is 0 Å². The van der Waals surface area contributed by atoms with Crippen LogP contribution in [0.1, 0.15) is 36.8 Å². The second-order valence-corrected chi connectivity index (χ2v) is 5.83. The Morgan fingerprint density at radius 1 is 1.48 bits per heavy atom. The highest BCUT2D eigenvalue weighted by atomic mass is 16.4.